The van der Waals surface area contributed by atoms with E-state index in [0.717, 1.165) is 0 Å². The summed E-state index contributed by atoms with van der Waals surface area (Å²) >= 11 is 5.58. The second-order valence-corrected chi connectivity index (χ2v) is 3.89. The molecule has 0 aliphatic carbocycles. The monoisotopic (exact) mass is 249 g/mol. The van der Waals surface area contributed by atoms with Gasteiger partial charge in [-0.1, -0.05) is 11.6 Å². The Balaban J connectivity index is 2.40. The van der Waals surface area contributed by atoms with Gasteiger partial charge in [-0.15, -0.1) is 0 Å². The topological polar surface area (TPSA) is 41.5 Å². The number of ether oxygens (including phenoxy) is 1. The fourth-order valence-electron chi connectivity index (χ4n) is 1.60. The minimum atomic E-state index is -1.34. The van der Waals surface area contributed by atoms with E-state index in [1.807, 2.05) is 0 Å². The normalized spacial score (nSPS) is 21.1. The molecule has 1 aromatic carbocycles. The first-order chi connectivity index (χ1) is 7.61. The summed E-state index contributed by atoms with van der Waals surface area (Å²) in [7, 11) is 0. The second kappa shape index (κ2) is 4.53. The fourth-order valence-corrected chi connectivity index (χ4v) is 1.80. The van der Waals surface area contributed by atoms with Gasteiger partial charge in [0.15, 0.2) is 11.6 Å². The molecule has 88 valence electrons. The summed E-state index contributed by atoms with van der Waals surface area (Å²) in [5.41, 5.74) is 0.0208. The van der Waals surface area contributed by atoms with Gasteiger partial charge in [0, 0.05) is 18.7 Å². The van der Waals surface area contributed by atoms with Crippen LogP contribution in [0.3, 0.4) is 0 Å². The molecule has 1 aliphatic rings. The van der Waals surface area contributed by atoms with Crippen molar-refractivity contribution in [2.75, 3.05) is 19.7 Å². The maximum absolute atomic E-state index is 13.5. The van der Waals surface area contributed by atoms with Crippen LogP contribution in [0.1, 0.15) is 11.7 Å². The Kier molecular flexibility index (Phi) is 3.28. The van der Waals surface area contributed by atoms with Crippen LogP contribution >= 0.6 is 11.6 Å². The number of phenolic OH excluding ortho intramolecular Hbond substituents is 1. The first-order valence-corrected chi connectivity index (χ1v) is 5.17. The predicted molar refractivity (Wildman–Crippen MR) is 54.6 cm³/mol. The molecule has 1 heterocycles. The van der Waals surface area contributed by atoms with Crippen LogP contribution in [0.15, 0.2) is 6.07 Å². The fraction of sp³-hybridized carbons (Fsp3) is 0.400. The lowest BCUT2D eigenvalue weighted by molar-refractivity contribution is 0.0250. The maximum atomic E-state index is 13.5. The van der Waals surface area contributed by atoms with Crippen LogP contribution < -0.4 is 5.32 Å². The summed E-state index contributed by atoms with van der Waals surface area (Å²) in [6.07, 6.45) is -0.582. The van der Waals surface area contributed by atoms with E-state index in [2.05, 4.69) is 5.32 Å². The van der Waals surface area contributed by atoms with Gasteiger partial charge in [0.2, 0.25) is 5.82 Å². The number of nitrogens with one attached hydrogen (secondary N) is 1. The number of rotatable bonds is 1. The van der Waals surface area contributed by atoms with Gasteiger partial charge in [-0.05, 0) is 6.07 Å². The highest BCUT2D eigenvalue weighted by atomic mass is 35.5. The average Bonchev–Trinajstić information content (AvgIpc) is 2.32. The molecule has 6 heteroatoms. The van der Waals surface area contributed by atoms with Crippen molar-refractivity contribution >= 4 is 11.6 Å². The maximum Gasteiger partial charge on any atom is 0.202 e. The third kappa shape index (κ3) is 1.98. The molecule has 0 spiro atoms. The van der Waals surface area contributed by atoms with Crippen LogP contribution in [0.25, 0.3) is 0 Å². The Labute approximate surface area is 96.0 Å². The van der Waals surface area contributed by atoms with Crippen LogP contribution in [0, 0.1) is 11.6 Å². The molecular formula is C10H10ClF2NO2. The van der Waals surface area contributed by atoms with Crippen molar-refractivity contribution in [1.82, 2.24) is 5.32 Å². The molecule has 0 bridgehead atoms. The van der Waals surface area contributed by atoms with Gasteiger partial charge in [0.25, 0.3) is 0 Å². The minimum absolute atomic E-state index is 0.0208. The average molecular weight is 250 g/mol. The van der Waals surface area contributed by atoms with Crippen molar-refractivity contribution in [3.05, 3.63) is 28.3 Å². The van der Waals surface area contributed by atoms with Crippen LogP contribution in [0.5, 0.6) is 5.75 Å². The molecule has 2 N–H and O–H groups in total. The Morgan fingerprint density at radius 1 is 1.44 bits per heavy atom. The van der Waals surface area contributed by atoms with E-state index in [0.29, 0.717) is 19.7 Å². The van der Waals surface area contributed by atoms with Crippen molar-refractivity contribution in [2.45, 2.75) is 6.10 Å². The summed E-state index contributed by atoms with van der Waals surface area (Å²) in [5.74, 6) is -3.32. The van der Waals surface area contributed by atoms with E-state index in [1.165, 1.54) is 6.07 Å². The number of aromatic hydroxyl groups is 1. The van der Waals surface area contributed by atoms with Gasteiger partial charge in [-0.25, -0.2) is 4.39 Å². The van der Waals surface area contributed by atoms with E-state index >= 15 is 0 Å². The van der Waals surface area contributed by atoms with Gasteiger partial charge in [-0.3, -0.25) is 0 Å². The molecule has 1 atom stereocenters. The van der Waals surface area contributed by atoms with E-state index in [-0.39, 0.29) is 10.6 Å². The van der Waals surface area contributed by atoms with Gasteiger partial charge in [0.05, 0.1) is 17.7 Å². The Bertz CT molecular complexity index is 408. The molecular weight excluding hydrogens is 240 g/mol. The Morgan fingerprint density at radius 3 is 2.81 bits per heavy atom. The first-order valence-electron chi connectivity index (χ1n) is 4.80. The highest BCUT2D eigenvalue weighted by Gasteiger charge is 2.24. The number of morpholine rings is 1. The second-order valence-electron chi connectivity index (χ2n) is 3.49. The molecule has 1 unspecified atom stereocenters. The molecule has 1 aliphatic heterocycles. The van der Waals surface area contributed by atoms with Crippen molar-refractivity contribution < 1.29 is 18.6 Å². The lowest BCUT2D eigenvalue weighted by atomic mass is 10.1. The molecule has 16 heavy (non-hydrogen) atoms. The lowest BCUT2D eigenvalue weighted by Gasteiger charge is -2.24. The summed E-state index contributed by atoms with van der Waals surface area (Å²) < 4.78 is 32.0. The van der Waals surface area contributed by atoms with Crippen molar-refractivity contribution in [3.8, 4) is 5.75 Å². The zero-order chi connectivity index (χ0) is 11.7. The minimum Gasteiger partial charge on any atom is -0.504 e. The van der Waals surface area contributed by atoms with Crippen LogP contribution in [0.4, 0.5) is 8.78 Å². The highest BCUT2D eigenvalue weighted by molar-refractivity contribution is 6.32. The highest BCUT2D eigenvalue weighted by Crippen LogP contribution is 2.34. The zero-order valence-corrected chi connectivity index (χ0v) is 9.02. The van der Waals surface area contributed by atoms with Crippen molar-refractivity contribution in [3.63, 3.8) is 0 Å². The SMILES string of the molecule is Oc1c(Cl)cc(C2CNCCO2)c(F)c1F. The van der Waals surface area contributed by atoms with Gasteiger partial charge >= 0.3 is 0 Å². The molecule has 1 saturated heterocycles. The van der Waals surface area contributed by atoms with Crippen LogP contribution in [0.2, 0.25) is 5.02 Å². The van der Waals surface area contributed by atoms with Gasteiger partial charge in [0.1, 0.15) is 0 Å². The summed E-state index contributed by atoms with van der Waals surface area (Å²) in [5, 5.41) is 11.9. The molecule has 1 fully saturated rings. The lowest BCUT2D eigenvalue weighted by Crippen LogP contribution is -2.33. The summed E-state index contributed by atoms with van der Waals surface area (Å²) in [6, 6.07) is 1.19. The van der Waals surface area contributed by atoms with E-state index < -0.39 is 23.5 Å². The number of hydrogen-bond donors (Lipinski definition) is 2. The van der Waals surface area contributed by atoms with Crippen LogP contribution in [-0.2, 0) is 4.74 Å². The van der Waals surface area contributed by atoms with Crippen LogP contribution in [-0.4, -0.2) is 24.8 Å². The van der Waals surface area contributed by atoms with Gasteiger partial charge < -0.3 is 15.2 Å². The predicted octanol–water partition coefficient (Wildman–Crippen LogP) is 1.98. The third-order valence-electron chi connectivity index (χ3n) is 2.44. The first kappa shape index (κ1) is 11.6. The molecule has 0 saturated carbocycles. The molecule has 2 rings (SSSR count). The smallest absolute Gasteiger partial charge is 0.202 e. The molecule has 1 aromatic rings. The summed E-state index contributed by atoms with van der Waals surface area (Å²) in [6.45, 7) is 1.48. The number of benzene rings is 1. The number of hydrogen-bond acceptors (Lipinski definition) is 3. The Morgan fingerprint density at radius 2 is 2.19 bits per heavy atom. The molecule has 3 nitrogen and oxygen atoms in total. The molecule has 0 radical (unpaired) electrons. The largest absolute Gasteiger partial charge is 0.504 e. The number of phenols is 1. The van der Waals surface area contributed by atoms with E-state index in [4.69, 9.17) is 21.4 Å². The number of halogens is 3. The van der Waals surface area contributed by atoms with E-state index in [1.54, 1.807) is 0 Å². The van der Waals surface area contributed by atoms with Gasteiger partial charge in [-0.2, -0.15) is 4.39 Å². The standard InChI is InChI=1S/C10H10ClF2NO2/c11-6-3-5(7-4-14-1-2-16-7)8(12)9(13)10(6)15/h3,7,14-15H,1-2,4H2. The quantitative estimate of drug-likeness (QED) is 0.748. The summed E-state index contributed by atoms with van der Waals surface area (Å²) in [4.78, 5) is 0. The zero-order valence-electron chi connectivity index (χ0n) is 8.27. The molecule has 0 aromatic heterocycles. The third-order valence-corrected chi connectivity index (χ3v) is 2.73. The van der Waals surface area contributed by atoms with Crippen molar-refractivity contribution in [1.29, 1.82) is 0 Å². The Hall–Kier alpha value is -0.910. The van der Waals surface area contributed by atoms with E-state index in [9.17, 15) is 8.78 Å². The molecule has 0 amide bonds. The van der Waals surface area contributed by atoms with Crippen molar-refractivity contribution in [2.24, 2.45) is 0 Å².